The molecule has 0 aliphatic carbocycles. The van der Waals surface area contributed by atoms with Gasteiger partial charge < -0.3 is 0 Å². The summed E-state index contributed by atoms with van der Waals surface area (Å²) in [5, 5.41) is 2.59. The van der Waals surface area contributed by atoms with Crippen molar-refractivity contribution in [2.75, 3.05) is 0 Å². The molecule has 0 spiro atoms. The predicted octanol–water partition coefficient (Wildman–Crippen LogP) is 17.4. The van der Waals surface area contributed by atoms with Crippen LogP contribution in [0.5, 0.6) is 0 Å². The first kappa shape index (κ1) is 36.5. The van der Waals surface area contributed by atoms with Gasteiger partial charge in [0.05, 0.1) is 0 Å². The van der Waals surface area contributed by atoms with Crippen molar-refractivity contribution in [3.8, 4) is 89.0 Å². The Balaban J connectivity index is 1.00. The lowest BCUT2D eigenvalue weighted by Crippen LogP contribution is -1.87. The van der Waals surface area contributed by atoms with E-state index in [-0.39, 0.29) is 0 Å². The van der Waals surface area contributed by atoms with Crippen molar-refractivity contribution in [2.45, 2.75) is 0 Å². The van der Waals surface area contributed by atoms with Crippen LogP contribution in [-0.4, -0.2) is 0 Å². The molecule has 0 fully saturated rings. The maximum atomic E-state index is 2.37. The molecule has 1 aromatic heterocycles. The molecule has 0 saturated heterocycles. The number of fused-ring (bicyclic) bond motifs is 3. The summed E-state index contributed by atoms with van der Waals surface area (Å²) in [6, 6.07) is 88.6. The molecule has 1 heterocycles. The second-order valence-electron chi connectivity index (χ2n) is 15.7. The lowest BCUT2D eigenvalue weighted by Gasteiger charge is -2.13. The second-order valence-corrected chi connectivity index (χ2v) is 16.7. The van der Waals surface area contributed by atoms with Crippen molar-refractivity contribution in [1.29, 1.82) is 0 Å². The smallest absolute Gasteiger partial charge is 0.0434 e. The molecular weight excluding hydrogens is 753 g/mol. The number of rotatable bonds is 8. The van der Waals surface area contributed by atoms with Gasteiger partial charge in [-0.25, -0.2) is 0 Å². The molecular formula is C60H40S. The van der Waals surface area contributed by atoms with Crippen LogP contribution in [0.15, 0.2) is 243 Å². The Morgan fingerprint density at radius 3 is 0.754 bits per heavy atom. The third-order valence-electron chi connectivity index (χ3n) is 11.8. The molecule has 0 nitrogen and oxygen atoms in total. The molecule has 0 saturated carbocycles. The second kappa shape index (κ2) is 15.9. The lowest BCUT2D eigenvalue weighted by molar-refractivity contribution is 1.56. The first-order valence-electron chi connectivity index (χ1n) is 20.9. The van der Waals surface area contributed by atoms with Crippen molar-refractivity contribution in [3.63, 3.8) is 0 Å². The zero-order chi connectivity index (χ0) is 40.5. The third kappa shape index (κ3) is 7.16. The van der Waals surface area contributed by atoms with E-state index in [4.69, 9.17) is 0 Å². The van der Waals surface area contributed by atoms with Crippen LogP contribution in [0.2, 0.25) is 0 Å². The SMILES string of the molecule is c1ccc(-c2cc(-c3ccccc3)cc(-c3cccc(-c4cccc5c4sc4c(-c6cccc(-c7cc(-c8ccccc8)cc(-c8ccccc8)c7)c6)cccc45)c3)c2)cc1. The van der Waals surface area contributed by atoms with E-state index in [0.29, 0.717) is 0 Å². The fourth-order valence-corrected chi connectivity index (χ4v) is 10.2. The minimum absolute atomic E-state index is 1.20. The summed E-state index contributed by atoms with van der Waals surface area (Å²) in [5.74, 6) is 0. The Hall–Kier alpha value is -7.58. The summed E-state index contributed by atoms with van der Waals surface area (Å²) in [6.07, 6.45) is 0. The molecule has 0 amide bonds. The van der Waals surface area contributed by atoms with Gasteiger partial charge in [0.1, 0.15) is 0 Å². The molecule has 0 aliphatic heterocycles. The highest BCUT2D eigenvalue weighted by Crippen LogP contribution is 2.45. The topological polar surface area (TPSA) is 0 Å². The van der Waals surface area contributed by atoms with Gasteiger partial charge in [0.25, 0.3) is 0 Å². The van der Waals surface area contributed by atoms with Crippen LogP contribution in [0.4, 0.5) is 0 Å². The minimum Gasteiger partial charge on any atom is -0.134 e. The van der Waals surface area contributed by atoms with E-state index < -0.39 is 0 Å². The monoisotopic (exact) mass is 792 g/mol. The Bertz CT molecular complexity index is 2990. The Kier molecular flexibility index (Phi) is 9.50. The molecule has 11 aromatic rings. The van der Waals surface area contributed by atoms with Gasteiger partial charge in [0.15, 0.2) is 0 Å². The molecule has 0 radical (unpaired) electrons. The normalized spacial score (nSPS) is 11.3. The number of benzene rings is 10. The first-order chi connectivity index (χ1) is 30.2. The maximum absolute atomic E-state index is 2.37. The van der Waals surface area contributed by atoms with Crippen LogP contribution in [-0.2, 0) is 0 Å². The molecule has 1 heteroatoms. The number of thiophene rings is 1. The molecule has 61 heavy (non-hydrogen) atoms. The zero-order valence-corrected chi connectivity index (χ0v) is 34.3. The standard InChI is InChI=1S/C60H40S/c1-5-17-41(18-6-1)49-35-50(42-19-7-2-8-20-42)38-53(37-49)45-25-13-27-47(33-45)55-29-15-31-57-58-32-16-30-56(60(58)61-59(55)57)48-28-14-26-46(34-48)54-39-51(43-21-9-3-10-22-43)36-52(40-54)44-23-11-4-12-24-44/h1-40H. The molecule has 286 valence electrons. The number of hydrogen-bond acceptors (Lipinski definition) is 1. The van der Waals surface area contributed by atoms with Crippen LogP contribution in [0.1, 0.15) is 0 Å². The van der Waals surface area contributed by atoms with E-state index in [0.717, 1.165) is 0 Å². The third-order valence-corrected chi connectivity index (χ3v) is 13.1. The largest absolute Gasteiger partial charge is 0.134 e. The van der Waals surface area contributed by atoms with Crippen molar-refractivity contribution in [1.82, 2.24) is 0 Å². The Morgan fingerprint density at radius 2 is 0.426 bits per heavy atom. The van der Waals surface area contributed by atoms with E-state index in [1.807, 2.05) is 11.3 Å². The van der Waals surface area contributed by atoms with E-state index in [9.17, 15) is 0 Å². The highest BCUT2D eigenvalue weighted by atomic mass is 32.1. The molecule has 0 atom stereocenters. The zero-order valence-electron chi connectivity index (χ0n) is 33.5. The molecule has 0 unspecified atom stereocenters. The summed E-state index contributed by atoms with van der Waals surface area (Å²) in [4.78, 5) is 0. The van der Waals surface area contributed by atoms with Gasteiger partial charge in [-0.15, -0.1) is 11.3 Å². The average molecular weight is 793 g/mol. The quantitative estimate of drug-likeness (QED) is 0.144. The van der Waals surface area contributed by atoms with E-state index in [1.165, 1.54) is 109 Å². The Morgan fingerprint density at radius 1 is 0.180 bits per heavy atom. The summed E-state index contributed by atoms with van der Waals surface area (Å²) in [7, 11) is 0. The summed E-state index contributed by atoms with van der Waals surface area (Å²) in [6.45, 7) is 0. The van der Waals surface area contributed by atoms with Crippen molar-refractivity contribution >= 4 is 31.5 Å². The lowest BCUT2D eigenvalue weighted by atomic mass is 9.91. The van der Waals surface area contributed by atoms with E-state index >= 15 is 0 Å². The van der Waals surface area contributed by atoms with Crippen LogP contribution in [0, 0.1) is 0 Å². The fourth-order valence-electron chi connectivity index (χ4n) is 8.79. The minimum atomic E-state index is 1.20. The summed E-state index contributed by atoms with van der Waals surface area (Å²) < 4.78 is 2.62. The van der Waals surface area contributed by atoms with Gasteiger partial charge in [0, 0.05) is 20.2 Å². The van der Waals surface area contributed by atoms with Crippen LogP contribution in [0.3, 0.4) is 0 Å². The molecule has 0 N–H and O–H groups in total. The van der Waals surface area contributed by atoms with Gasteiger partial charge in [-0.05, 0) is 138 Å². The van der Waals surface area contributed by atoms with E-state index in [1.54, 1.807) is 0 Å². The Labute approximate surface area is 361 Å². The highest BCUT2D eigenvalue weighted by molar-refractivity contribution is 7.26. The fraction of sp³-hybridized carbons (Fsp3) is 0. The number of hydrogen-bond donors (Lipinski definition) is 0. The van der Waals surface area contributed by atoms with Gasteiger partial charge >= 0.3 is 0 Å². The van der Waals surface area contributed by atoms with Crippen LogP contribution < -0.4 is 0 Å². The molecule has 11 rings (SSSR count). The molecule has 10 aromatic carbocycles. The van der Waals surface area contributed by atoms with Crippen molar-refractivity contribution in [3.05, 3.63) is 243 Å². The first-order valence-corrected chi connectivity index (χ1v) is 21.7. The van der Waals surface area contributed by atoms with Gasteiger partial charge in [-0.3, -0.25) is 0 Å². The molecule has 0 aliphatic rings. The van der Waals surface area contributed by atoms with Gasteiger partial charge in [-0.2, -0.15) is 0 Å². The predicted molar refractivity (Wildman–Crippen MR) is 263 cm³/mol. The van der Waals surface area contributed by atoms with Crippen molar-refractivity contribution in [2.24, 2.45) is 0 Å². The van der Waals surface area contributed by atoms with Crippen molar-refractivity contribution < 1.29 is 0 Å². The van der Waals surface area contributed by atoms with Gasteiger partial charge in [0.2, 0.25) is 0 Å². The maximum Gasteiger partial charge on any atom is 0.0434 e. The molecule has 0 bridgehead atoms. The average Bonchev–Trinajstić information content (AvgIpc) is 3.74. The van der Waals surface area contributed by atoms with Crippen LogP contribution in [0.25, 0.3) is 109 Å². The summed E-state index contributed by atoms with van der Waals surface area (Å²) >= 11 is 1.91. The van der Waals surface area contributed by atoms with Gasteiger partial charge in [-0.1, -0.05) is 194 Å². The van der Waals surface area contributed by atoms with E-state index in [2.05, 4.69) is 243 Å². The van der Waals surface area contributed by atoms with Crippen LogP contribution >= 0.6 is 11.3 Å². The summed E-state index contributed by atoms with van der Waals surface area (Å²) in [5.41, 5.74) is 19.5. The highest BCUT2D eigenvalue weighted by Gasteiger charge is 2.16.